The summed E-state index contributed by atoms with van der Waals surface area (Å²) < 4.78 is 16.1. The number of methoxy groups -OCH3 is 2. The smallest absolute Gasteiger partial charge is 0.162 e. The van der Waals surface area contributed by atoms with Crippen molar-refractivity contribution in [2.45, 2.75) is 12.0 Å². The minimum Gasteiger partial charge on any atom is -0.493 e. The van der Waals surface area contributed by atoms with Gasteiger partial charge in [-0.1, -0.05) is 0 Å². The molecular formula is C13H18N2O3. The number of benzene rings is 1. The van der Waals surface area contributed by atoms with Crippen molar-refractivity contribution in [2.75, 3.05) is 44.6 Å². The number of hydrogen-bond donors (Lipinski definition) is 2. The molecule has 1 atom stereocenters. The fourth-order valence-corrected chi connectivity index (χ4v) is 2.57. The van der Waals surface area contributed by atoms with E-state index >= 15 is 0 Å². The molecule has 18 heavy (non-hydrogen) atoms. The highest BCUT2D eigenvalue weighted by atomic mass is 16.5. The average Bonchev–Trinajstić information content (AvgIpc) is 2.85. The maximum Gasteiger partial charge on any atom is 0.162 e. The van der Waals surface area contributed by atoms with Gasteiger partial charge in [-0.3, -0.25) is 0 Å². The summed E-state index contributed by atoms with van der Waals surface area (Å²) in [5, 5.41) is 7.02. The maximum absolute atomic E-state index is 5.50. The van der Waals surface area contributed by atoms with Crippen LogP contribution in [0.5, 0.6) is 11.5 Å². The molecule has 5 nitrogen and oxygen atoms in total. The summed E-state index contributed by atoms with van der Waals surface area (Å²) in [7, 11) is 3.29. The van der Waals surface area contributed by atoms with Gasteiger partial charge in [-0.2, -0.15) is 0 Å². The monoisotopic (exact) mass is 250 g/mol. The van der Waals surface area contributed by atoms with Crippen LogP contribution in [-0.2, 0) is 4.74 Å². The van der Waals surface area contributed by atoms with Crippen molar-refractivity contribution in [1.82, 2.24) is 0 Å². The molecule has 2 heterocycles. The van der Waals surface area contributed by atoms with Crippen molar-refractivity contribution in [3.8, 4) is 11.5 Å². The number of nitrogens with one attached hydrogen (secondary N) is 2. The van der Waals surface area contributed by atoms with Gasteiger partial charge < -0.3 is 24.8 Å². The third kappa shape index (κ3) is 1.75. The van der Waals surface area contributed by atoms with Gasteiger partial charge in [0.05, 0.1) is 37.7 Å². The van der Waals surface area contributed by atoms with Crippen LogP contribution in [-0.4, -0.2) is 39.5 Å². The molecule has 1 fully saturated rings. The first kappa shape index (κ1) is 11.5. The minimum absolute atomic E-state index is 0.0204. The van der Waals surface area contributed by atoms with Crippen LogP contribution in [0.3, 0.4) is 0 Å². The Morgan fingerprint density at radius 3 is 2.50 bits per heavy atom. The number of ether oxygens (including phenoxy) is 3. The highest BCUT2D eigenvalue weighted by molar-refractivity contribution is 5.77. The zero-order valence-electron chi connectivity index (χ0n) is 10.7. The van der Waals surface area contributed by atoms with Crippen molar-refractivity contribution >= 4 is 11.4 Å². The van der Waals surface area contributed by atoms with Crippen molar-refractivity contribution < 1.29 is 14.2 Å². The quantitative estimate of drug-likeness (QED) is 0.836. The summed E-state index contributed by atoms with van der Waals surface area (Å²) in [6.07, 6.45) is 1.02. The fraction of sp³-hybridized carbons (Fsp3) is 0.538. The van der Waals surface area contributed by atoms with Gasteiger partial charge in [-0.25, -0.2) is 0 Å². The van der Waals surface area contributed by atoms with E-state index in [1.807, 2.05) is 12.1 Å². The zero-order valence-corrected chi connectivity index (χ0v) is 10.7. The maximum atomic E-state index is 5.50. The second kappa shape index (κ2) is 4.24. The molecule has 3 rings (SSSR count). The lowest BCUT2D eigenvalue weighted by Gasteiger charge is -2.36. The molecule has 0 bridgehead atoms. The van der Waals surface area contributed by atoms with Gasteiger partial charge in [0.15, 0.2) is 11.5 Å². The van der Waals surface area contributed by atoms with Crippen LogP contribution in [0, 0.1) is 0 Å². The number of anilines is 2. The number of fused-ring (bicyclic) bond motifs is 1. The van der Waals surface area contributed by atoms with E-state index in [1.165, 1.54) is 0 Å². The van der Waals surface area contributed by atoms with Gasteiger partial charge in [0.2, 0.25) is 0 Å². The molecule has 98 valence electrons. The molecule has 2 aliphatic heterocycles. The average molecular weight is 250 g/mol. The molecule has 1 aromatic carbocycles. The Balaban J connectivity index is 1.95. The van der Waals surface area contributed by atoms with Crippen LogP contribution in [0.4, 0.5) is 11.4 Å². The number of hydrogen-bond acceptors (Lipinski definition) is 5. The summed E-state index contributed by atoms with van der Waals surface area (Å²) in [6, 6.07) is 3.93. The number of rotatable bonds is 2. The van der Waals surface area contributed by atoms with Crippen molar-refractivity contribution in [3.63, 3.8) is 0 Å². The Morgan fingerprint density at radius 1 is 1.17 bits per heavy atom. The topological polar surface area (TPSA) is 51.8 Å². The van der Waals surface area contributed by atoms with Crippen molar-refractivity contribution in [3.05, 3.63) is 12.1 Å². The van der Waals surface area contributed by atoms with Gasteiger partial charge in [-0.05, 0) is 6.42 Å². The Bertz CT molecular complexity index is 456. The molecule has 2 aliphatic rings. The highest BCUT2D eigenvalue weighted by Gasteiger charge is 2.38. The van der Waals surface area contributed by atoms with Crippen LogP contribution in [0.2, 0.25) is 0 Å². The van der Waals surface area contributed by atoms with E-state index in [1.54, 1.807) is 14.2 Å². The molecule has 0 aliphatic carbocycles. The lowest BCUT2D eigenvalue weighted by atomic mass is 9.95. The van der Waals surface area contributed by atoms with Crippen LogP contribution in [0.25, 0.3) is 0 Å². The van der Waals surface area contributed by atoms with Crippen LogP contribution < -0.4 is 20.1 Å². The Hall–Kier alpha value is -1.62. The molecule has 1 spiro atoms. The van der Waals surface area contributed by atoms with Gasteiger partial charge in [0.25, 0.3) is 0 Å². The zero-order chi connectivity index (χ0) is 12.6. The second-order valence-electron chi connectivity index (χ2n) is 4.81. The normalized spacial score (nSPS) is 25.2. The summed E-state index contributed by atoms with van der Waals surface area (Å²) in [6.45, 7) is 2.43. The predicted molar refractivity (Wildman–Crippen MR) is 69.8 cm³/mol. The minimum atomic E-state index is 0.0204. The summed E-state index contributed by atoms with van der Waals surface area (Å²) in [4.78, 5) is 0. The Kier molecular flexibility index (Phi) is 2.70. The van der Waals surface area contributed by atoms with Gasteiger partial charge in [0.1, 0.15) is 0 Å². The van der Waals surface area contributed by atoms with E-state index in [9.17, 15) is 0 Å². The standard InChI is InChI=1S/C13H18N2O3/c1-16-11-5-9-10(6-12(11)17-2)15-13(7-14-9)3-4-18-8-13/h5-6,14-15H,3-4,7-8H2,1-2H3. The predicted octanol–water partition coefficient (Wildman–Crippen LogP) is 1.70. The van der Waals surface area contributed by atoms with Gasteiger partial charge in [-0.15, -0.1) is 0 Å². The first-order chi connectivity index (χ1) is 8.76. The molecule has 1 aromatic rings. The molecule has 1 saturated heterocycles. The van der Waals surface area contributed by atoms with Gasteiger partial charge >= 0.3 is 0 Å². The van der Waals surface area contributed by atoms with Crippen LogP contribution >= 0.6 is 0 Å². The molecule has 0 amide bonds. The van der Waals surface area contributed by atoms with E-state index in [4.69, 9.17) is 14.2 Å². The molecular weight excluding hydrogens is 232 g/mol. The Labute approximate surface area is 106 Å². The first-order valence-corrected chi connectivity index (χ1v) is 6.12. The lowest BCUT2D eigenvalue weighted by Crippen LogP contribution is -2.48. The van der Waals surface area contributed by atoms with Crippen LogP contribution in [0.15, 0.2) is 12.1 Å². The lowest BCUT2D eigenvalue weighted by molar-refractivity contribution is 0.184. The van der Waals surface area contributed by atoms with E-state index < -0.39 is 0 Å². The molecule has 1 unspecified atom stereocenters. The van der Waals surface area contributed by atoms with Crippen LogP contribution in [0.1, 0.15) is 6.42 Å². The highest BCUT2D eigenvalue weighted by Crippen LogP contribution is 2.41. The molecule has 5 heteroatoms. The largest absolute Gasteiger partial charge is 0.493 e. The summed E-state index contributed by atoms with van der Waals surface area (Å²) >= 11 is 0. The van der Waals surface area contributed by atoms with Crippen molar-refractivity contribution in [1.29, 1.82) is 0 Å². The third-order valence-corrected chi connectivity index (χ3v) is 3.64. The molecule has 0 aromatic heterocycles. The Morgan fingerprint density at radius 2 is 1.89 bits per heavy atom. The molecule has 2 N–H and O–H groups in total. The van der Waals surface area contributed by atoms with Gasteiger partial charge in [0, 0.05) is 25.3 Å². The van der Waals surface area contributed by atoms with E-state index in [2.05, 4.69) is 10.6 Å². The molecule has 0 radical (unpaired) electrons. The van der Waals surface area contributed by atoms with Crippen molar-refractivity contribution in [2.24, 2.45) is 0 Å². The van der Waals surface area contributed by atoms with E-state index in [0.29, 0.717) is 0 Å². The van der Waals surface area contributed by atoms with E-state index in [0.717, 1.165) is 49.1 Å². The SMILES string of the molecule is COc1cc2c(cc1OC)NC1(CCOC1)CN2. The first-order valence-electron chi connectivity index (χ1n) is 6.12. The fourth-order valence-electron chi connectivity index (χ4n) is 2.57. The third-order valence-electron chi connectivity index (χ3n) is 3.64. The summed E-state index contributed by atoms with van der Waals surface area (Å²) in [5.41, 5.74) is 2.11. The second-order valence-corrected chi connectivity index (χ2v) is 4.81. The molecule has 0 saturated carbocycles. The summed E-state index contributed by atoms with van der Waals surface area (Å²) in [5.74, 6) is 1.48. The van der Waals surface area contributed by atoms with E-state index in [-0.39, 0.29) is 5.54 Å².